The van der Waals surface area contributed by atoms with Crippen molar-refractivity contribution >= 4 is 0 Å². The predicted octanol–water partition coefficient (Wildman–Crippen LogP) is 3.39. The van der Waals surface area contributed by atoms with Gasteiger partial charge in [0, 0.05) is 11.6 Å². The van der Waals surface area contributed by atoms with Crippen LogP contribution in [0.15, 0.2) is 12.1 Å². The molecule has 0 saturated heterocycles. The standard InChI is InChI=1S/C17H25NO2/c1-3-9-18(10-4-2)14-6-7-15-13(11-14)5-8-16-17(15)20-12-19-16/h5,8,14H,3-4,6-7,9-12H2,1-2H3. The van der Waals surface area contributed by atoms with Gasteiger partial charge in [-0.2, -0.15) is 0 Å². The zero-order valence-electron chi connectivity index (χ0n) is 12.7. The number of fused-ring (bicyclic) bond motifs is 3. The van der Waals surface area contributed by atoms with Gasteiger partial charge in [0.15, 0.2) is 11.5 Å². The Bertz CT molecular complexity index is 466. The number of hydrogen-bond acceptors (Lipinski definition) is 3. The molecule has 2 aliphatic rings. The average molecular weight is 275 g/mol. The summed E-state index contributed by atoms with van der Waals surface area (Å²) in [6.45, 7) is 7.37. The van der Waals surface area contributed by atoms with Gasteiger partial charge in [-0.3, -0.25) is 0 Å². The van der Waals surface area contributed by atoms with Crippen molar-refractivity contribution < 1.29 is 9.47 Å². The molecule has 1 unspecified atom stereocenters. The molecule has 3 rings (SSSR count). The maximum absolute atomic E-state index is 5.65. The molecule has 1 atom stereocenters. The van der Waals surface area contributed by atoms with Crippen LogP contribution in [0.25, 0.3) is 0 Å². The van der Waals surface area contributed by atoms with Crippen molar-refractivity contribution in [3.8, 4) is 11.5 Å². The Morgan fingerprint density at radius 1 is 1.15 bits per heavy atom. The van der Waals surface area contributed by atoms with Crippen LogP contribution in [-0.4, -0.2) is 30.8 Å². The summed E-state index contributed by atoms with van der Waals surface area (Å²) in [7, 11) is 0. The van der Waals surface area contributed by atoms with Crippen LogP contribution in [0.4, 0.5) is 0 Å². The highest BCUT2D eigenvalue weighted by molar-refractivity contribution is 5.53. The second kappa shape index (κ2) is 6.04. The molecular weight excluding hydrogens is 250 g/mol. The molecule has 0 radical (unpaired) electrons. The first-order valence-electron chi connectivity index (χ1n) is 7.97. The molecule has 1 aliphatic carbocycles. The predicted molar refractivity (Wildman–Crippen MR) is 80.5 cm³/mol. The van der Waals surface area contributed by atoms with Gasteiger partial charge in [-0.05, 0) is 56.8 Å². The van der Waals surface area contributed by atoms with E-state index < -0.39 is 0 Å². The molecule has 1 heterocycles. The third-order valence-electron chi connectivity index (χ3n) is 4.46. The van der Waals surface area contributed by atoms with Crippen LogP contribution in [-0.2, 0) is 12.8 Å². The van der Waals surface area contributed by atoms with E-state index in [0.29, 0.717) is 12.8 Å². The number of rotatable bonds is 5. The molecule has 20 heavy (non-hydrogen) atoms. The Labute approximate surface area is 121 Å². The van der Waals surface area contributed by atoms with Crippen molar-refractivity contribution in [2.75, 3.05) is 19.9 Å². The van der Waals surface area contributed by atoms with E-state index in [1.54, 1.807) is 0 Å². The molecule has 3 nitrogen and oxygen atoms in total. The molecule has 1 aliphatic heterocycles. The zero-order chi connectivity index (χ0) is 13.9. The second-order valence-electron chi connectivity index (χ2n) is 5.87. The lowest BCUT2D eigenvalue weighted by Crippen LogP contribution is -2.40. The molecule has 0 N–H and O–H groups in total. The van der Waals surface area contributed by atoms with E-state index >= 15 is 0 Å². The van der Waals surface area contributed by atoms with Crippen LogP contribution in [0.2, 0.25) is 0 Å². The summed E-state index contributed by atoms with van der Waals surface area (Å²) >= 11 is 0. The highest BCUT2D eigenvalue weighted by Gasteiger charge is 2.28. The largest absolute Gasteiger partial charge is 0.454 e. The first-order chi connectivity index (χ1) is 9.83. The van der Waals surface area contributed by atoms with Gasteiger partial charge in [0.05, 0.1) is 0 Å². The minimum absolute atomic E-state index is 0.382. The Morgan fingerprint density at radius 3 is 2.70 bits per heavy atom. The fraction of sp³-hybridized carbons (Fsp3) is 0.647. The molecule has 0 fully saturated rings. The van der Waals surface area contributed by atoms with E-state index in [0.717, 1.165) is 24.3 Å². The van der Waals surface area contributed by atoms with Crippen LogP contribution in [0.3, 0.4) is 0 Å². The van der Waals surface area contributed by atoms with Gasteiger partial charge < -0.3 is 14.4 Å². The normalized spacial score (nSPS) is 20.2. The van der Waals surface area contributed by atoms with E-state index in [-0.39, 0.29) is 0 Å². The maximum Gasteiger partial charge on any atom is 0.231 e. The minimum atomic E-state index is 0.382. The van der Waals surface area contributed by atoms with Gasteiger partial charge in [-0.25, -0.2) is 0 Å². The monoisotopic (exact) mass is 275 g/mol. The topological polar surface area (TPSA) is 21.7 Å². The lowest BCUT2D eigenvalue weighted by Gasteiger charge is -2.35. The van der Waals surface area contributed by atoms with Crippen LogP contribution in [0.1, 0.15) is 44.2 Å². The third kappa shape index (κ3) is 2.51. The molecule has 0 spiro atoms. The Morgan fingerprint density at radius 2 is 1.95 bits per heavy atom. The van der Waals surface area contributed by atoms with E-state index in [1.165, 1.54) is 43.5 Å². The van der Waals surface area contributed by atoms with Gasteiger partial charge in [0.25, 0.3) is 0 Å². The van der Waals surface area contributed by atoms with E-state index in [2.05, 4.69) is 30.9 Å². The zero-order valence-corrected chi connectivity index (χ0v) is 12.7. The summed E-state index contributed by atoms with van der Waals surface area (Å²) in [5.41, 5.74) is 2.85. The minimum Gasteiger partial charge on any atom is -0.454 e. The van der Waals surface area contributed by atoms with Crippen molar-refractivity contribution in [1.82, 2.24) is 4.90 Å². The number of nitrogens with zero attached hydrogens (tertiary/aromatic N) is 1. The Kier molecular flexibility index (Phi) is 4.16. The summed E-state index contributed by atoms with van der Waals surface area (Å²) < 4.78 is 11.1. The molecule has 0 saturated carbocycles. The quantitative estimate of drug-likeness (QED) is 0.822. The smallest absolute Gasteiger partial charge is 0.231 e. The van der Waals surface area contributed by atoms with Crippen molar-refractivity contribution in [3.63, 3.8) is 0 Å². The van der Waals surface area contributed by atoms with Gasteiger partial charge in [0.2, 0.25) is 6.79 Å². The van der Waals surface area contributed by atoms with Crippen LogP contribution in [0, 0.1) is 0 Å². The van der Waals surface area contributed by atoms with Gasteiger partial charge in [-0.1, -0.05) is 19.9 Å². The lowest BCUT2D eigenvalue weighted by atomic mass is 9.86. The van der Waals surface area contributed by atoms with Crippen LogP contribution in [0.5, 0.6) is 11.5 Å². The summed E-state index contributed by atoms with van der Waals surface area (Å²) in [6.07, 6.45) is 6.00. The van der Waals surface area contributed by atoms with E-state index in [9.17, 15) is 0 Å². The molecule has 0 bridgehead atoms. The van der Waals surface area contributed by atoms with E-state index in [1.807, 2.05) is 0 Å². The van der Waals surface area contributed by atoms with E-state index in [4.69, 9.17) is 9.47 Å². The highest BCUT2D eigenvalue weighted by atomic mass is 16.7. The summed E-state index contributed by atoms with van der Waals surface area (Å²) in [4.78, 5) is 2.67. The molecule has 0 aromatic heterocycles. The number of benzene rings is 1. The van der Waals surface area contributed by atoms with Crippen LogP contribution < -0.4 is 9.47 Å². The van der Waals surface area contributed by atoms with Crippen molar-refractivity contribution in [1.29, 1.82) is 0 Å². The molecule has 3 heteroatoms. The van der Waals surface area contributed by atoms with Crippen molar-refractivity contribution in [2.45, 2.75) is 52.0 Å². The molecule has 1 aromatic carbocycles. The second-order valence-corrected chi connectivity index (χ2v) is 5.87. The summed E-state index contributed by atoms with van der Waals surface area (Å²) in [5, 5.41) is 0. The summed E-state index contributed by atoms with van der Waals surface area (Å²) in [5.74, 6) is 1.94. The third-order valence-corrected chi connectivity index (χ3v) is 4.46. The number of ether oxygens (including phenoxy) is 2. The summed E-state index contributed by atoms with van der Waals surface area (Å²) in [6, 6.07) is 5.02. The fourth-order valence-corrected chi connectivity index (χ4v) is 3.57. The first kappa shape index (κ1) is 13.7. The Hall–Kier alpha value is -1.22. The van der Waals surface area contributed by atoms with Crippen LogP contribution >= 0.6 is 0 Å². The average Bonchev–Trinajstić information content (AvgIpc) is 2.95. The van der Waals surface area contributed by atoms with Gasteiger partial charge in [0.1, 0.15) is 0 Å². The Balaban J connectivity index is 1.78. The first-order valence-corrected chi connectivity index (χ1v) is 7.97. The SMILES string of the molecule is CCCN(CCC)C1CCc2c(ccc3c2OCO3)C1. The molecule has 1 aromatic rings. The lowest BCUT2D eigenvalue weighted by molar-refractivity contribution is 0.169. The highest BCUT2D eigenvalue weighted by Crippen LogP contribution is 2.41. The maximum atomic E-state index is 5.65. The number of hydrogen-bond donors (Lipinski definition) is 0. The fourth-order valence-electron chi connectivity index (χ4n) is 3.57. The molecule has 0 amide bonds. The molecular formula is C17H25NO2. The van der Waals surface area contributed by atoms with Gasteiger partial charge >= 0.3 is 0 Å². The van der Waals surface area contributed by atoms with Crippen molar-refractivity contribution in [2.24, 2.45) is 0 Å². The van der Waals surface area contributed by atoms with Crippen molar-refractivity contribution in [3.05, 3.63) is 23.3 Å². The van der Waals surface area contributed by atoms with Gasteiger partial charge in [-0.15, -0.1) is 0 Å². The molecule has 110 valence electrons.